The zero-order valence-corrected chi connectivity index (χ0v) is 22.4. The third-order valence-corrected chi connectivity index (χ3v) is 6.30. The number of ketones is 1. The van der Waals surface area contributed by atoms with Crippen molar-refractivity contribution in [2.24, 2.45) is 11.8 Å². The summed E-state index contributed by atoms with van der Waals surface area (Å²) in [5.41, 5.74) is -1.10. The van der Waals surface area contributed by atoms with Crippen LogP contribution >= 0.6 is 0 Å². The maximum Gasteiger partial charge on any atom is 0.257 e. The molecule has 9 heteroatoms. The molecule has 0 radical (unpaired) electrons. The van der Waals surface area contributed by atoms with Gasteiger partial charge in [0.05, 0.1) is 0 Å². The molecular formula is C31H31F3N2O4. The van der Waals surface area contributed by atoms with Gasteiger partial charge in [0.25, 0.3) is 5.91 Å². The fourth-order valence-electron chi connectivity index (χ4n) is 3.96. The van der Waals surface area contributed by atoms with Crippen LogP contribution in [0.25, 0.3) is 0 Å². The molecule has 0 saturated carbocycles. The van der Waals surface area contributed by atoms with Gasteiger partial charge in [0, 0.05) is 43.4 Å². The van der Waals surface area contributed by atoms with Crippen molar-refractivity contribution in [3.63, 3.8) is 0 Å². The van der Waals surface area contributed by atoms with Crippen LogP contribution in [0.5, 0.6) is 5.75 Å². The third kappa shape index (κ3) is 7.37. The van der Waals surface area contributed by atoms with Crippen LogP contribution in [0.15, 0.2) is 78.8 Å². The van der Waals surface area contributed by atoms with Crippen molar-refractivity contribution in [2.75, 3.05) is 0 Å². The summed E-state index contributed by atoms with van der Waals surface area (Å²) in [5.74, 6) is -5.46. The number of nitrogens with one attached hydrogen (secondary N) is 1. The topological polar surface area (TPSA) is 77.4 Å². The fraction of sp³-hybridized carbons (Fsp3) is 0.258. The number of carbonyl (C=O) groups excluding carboxylic acids is 2. The van der Waals surface area contributed by atoms with Crippen LogP contribution in [-0.4, -0.2) is 16.3 Å². The number of hydrogen-bond acceptors (Lipinski definition) is 4. The molecule has 6 nitrogen and oxygen atoms in total. The van der Waals surface area contributed by atoms with Gasteiger partial charge < -0.3 is 14.6 Å². The SMILES string of the molecule is C=CC(C)Cn1cc(C(=O)NCc2c(F)cc(F)cc2F)c(=O)c(OCc2ccccc2)c1C(=O)C[C@@H](C)C=C. The first-order chi connectivity index (χ1) is 19.0. The summed E-state index contributed by atoms with van der Waals surface area (Å²) in [7, 11) is 0. The summed E-state index contributed by atoms with van der Waals surface area (Å²) in [5, 5.41) is 2.31. The minimum atomic E-state index is -1.18. The minimum absolute atomic E-state index is 0.00416. The number of nitrogens with zero attached hydrogens (tertiary/aromatic N) is 1. The second-order valence-electron chi connectivity index (χ2n) is 9.56. The Morgan fingerprint density at radius 2 is 1.65 bits per heavy atom. The number of carbonyl (C=O) groups is 2. The van der Waals surface area contributed by atoms with Crippen molar-refractivity contribution in [3.05, 3.63) is 124 Å². The Morgan fingerprint density at radius 3 is 2.25 bits per heavy atom. The van der Waals surface area contributed by atoms with Crippen molar-refractivity contribution in [3.8, 4) is 5.75 Å². The van der Waals surface area contributed by atoms with Gasteiger partial charge in [0.1, 0.15) is 35.3 Å². The van der Waals surface area contributed by atoms with E-state index in [0.29, 0.717) is 12.1 Å². The summed E-state index contributed by atoms with van der Waals surface area (Å²) in [4.78, 5) is 40.2. The lowest BCUT2D eigenvalue weighted by Gasteiger charge is -2.21. The first-order valence-corrected chi connectivity index (χ1v) is 12.7. The summed E-state index contributed by atoms with van der Waals surface area (Å²) >= 11 is 0. The van der Waals surface area contributed by atoms with E-state index >= 15 is 0 Å². The first-order valence-electron chi connectivity index (χ1n) is 12.7. The number of rotatable bonds is 13. The molecule has 0 aliphatic rings. The molecule has 1 heterocycles. The lowest BCUT2D eigenvalue weighted by Crippen LogP contribution is -2.33. The number of hydrogen-bond donors (Lipinski definition) is 1. The van der Waals surface area contributed by atoms with Gasteiger partial charge in [-0.15, -0.1) is 13.2 Å². The van der Waals surface area contributed by atoms with Gasteiger partial charge in [0.15, 0.2) is 11.5 Å². The molecule has 3 aromatic rings. The molecule has 0 spiro atoms. The number of amides is 1. The average molecular weight is 553 g/mol. The molecule has 2 aromatic carbocycles. The summed E-state index contributed by atoms with van der Waals surface area (Å²) in [6.45, 7) is 10.6. The van der Waals surface area contributed by atoms with E-state index < -0.39 is 46.5 Å². The zero-order chi connectivity index (χ0) is 29.4. The van der Waals surface area contributed by atoms with Crippen molar-refractivity contribution < 1.29 is 27.5 Å². The Labute approximate surface area is 230 Å². The predicted molar refractivity (Wildman–Crippen MR) is 147 cm³/mol. The molecule has 0 fully saturated rings. The Balaban J connectivity index is 2.10. The fourth-order valence-corrected chi connectivity index (χ4v) is 3.96. The second-order valence-corrected chi connectivity index (χ2v) is 9.56. The molecule has 40 heavy (non-hydrogen) atoms. The standard InChI is InChI=1S/C31H31F3N2O4/c1-5-19(3)12-27(37)28-30(40-18-21-10-8-7-9-11-21)29(38)24(17-36(28)16-20(4)6-2)31(39)35-15-23-25(33)13-22(32)14-26(23)34/h5-11,13-14,17,19-20H,1-2,12,15-16,18H2,3-4H3,(H,35,39)/t19-,20?/m0/s1. The van der Waals surface area contributed by atoms with Gasteiger partial charge in [-0.25, -0.2) is 13.2 Å². The lowest BCUT2D eigenvalue weighted by molar-refractivity contribution is 0.0933. The van der Waals surface area contributed by atoms with Crippen LogP contribution in [-0.2, 0) is 19.7 Å². The van der Waals surface area contributed by atoms with E-state index in [4.69, 9.17) is 4.74 Å². The lowest BCUT2D eigenvalue weighted by atomic mass is 10.0. The van der Waals surface area contributed by atoms with Crippen LogP contribution in [0.4, 0.5) is 13.2 Å². The van der Waals surface area contributed by atoms with Gasteiger partial charge in [-0.2, -0.15) is 0 Å². The summed E-state index contributed by atoms with van der Waals surface area (Å²) in [6, 6.07) is 9.94. The van der Waals surface area contributed by atoms with E-state index in [-0.39, 0.29) is 48.6 Å². The zero-order valence-electron chi connectivity index (χ0n) is 22.4. The van der Waals surface area contributed by atoms with Crippen LogP contribution in [0.1, 0.15) is 52.2 Å². The Morgan fingerprint density at radius 1 is 1.02 bits per heavy atom. The third-order valence-electron chi connectivity index (χ3n) is 6.30. The highest BCUT2D eigenvalue weighted by Crippen LogP contribution is 2.23. The Kier molecular flexibility index (Phi) is 10.2. The first kappa shape index (κ1) is 30.1. The van der Waals surface area contributed by atoms with E-state index in [1.54, 1.807) is 43.3 Å². The molecule has 0 aliphatic heterocycles. The van der Waals surface area contributed by atoms with Gasteiger partial charge >= 0.3 is 0 Å². The van der Waals surface area contributed by atoms with Crippen LogP contribution < -0.4 is 15.5 Å². The van der Waals surface area contributed by atoms with E-state index in [1.807, 2.05) is 13.0 Å². The quantitative estimate of drug-likeness (QED) is 0.209. The predicted octanol–water partition coefficient (Wildman–Crippen LogP) is 5.99. The molecule has 210 valence electrons. The Hall–Kier alpha value is -4.40. The molecule has 1 aromatic heterocycles. The molecule has 1 N–H and O–H groups in total. The molecular weight excluding hydrogens is 521 g/mol. The van der Waals surface area contributed by atoms with Gasteiger partial charge in [-0.3, -0.25) is 14.4 Å². The average Bonchev–Trinajstić information content (AvgIpc) is 2.92. The highest BCUT2D eigenvalue weighted by Gasteiger charge is 2.27. The number of halogens is 3. The molecule has 0 bridgehead atoms. The smallest absolute Gasteiger partial charge is 0.257 e. The van der Waals surface area contributed by atoms with Crippen molar-refractivity contribution in [2.45, 2.75) is 40.0 Å². The highest BCUT2D eigenvalue weighted by molar-refractivity contribution is 6.00. The Bertz CT molecular complexity index is 1440. The molecule has 3 rings (SSSR count). The van der Waals surface area contributed by atoms with Gasteiger partial charge in [-0.1, -0.05) is 56.3 Å². The van der Waals surface area contributed by atoms with E-state index in [1.165, 1.54) is 10.8 Å². The normalized spacial score (nSPS) is 12.3. The van der Waals surface area contributed by atoms with E-state index in [2.05, 4.69) is 18.5 Å². The molecule has 1 amide bonds. The van der Waals surface area contributed by atoms with Gasteiger partial charge in [0.2, 0.25) is 5.43 Å². The molecule has 0 aliphatic carbocycles. The monoisotopic (exact) mass is 552 g/mol. The number of aromatic nitrogens is 1. The van der Waals surface area contributed by atoms with Crippen molar-refractivity contribution >= 4 is 11.7 Å². The van der Waals surface area contributed by atoms with Crippen molar-refractivity contribution in [1.29, 1.82) is 0 Å². The second kappa shape index (κ2) is 13.6. The number of allylic oxidation sites excluding steroid dienone is 2. The van der Waals surface area contributed by atoms with Crippen LogP contribution in [0.3, 0.4) is 0 Å². The van der Waals surface area contributed by atoms with E-state index in [9.17, 15) is 27.6 Å². The molecule has 2 atom stereocenters. The largest absolute Gasteiger partial charge is 0.483 e. The van der Waals surface area contributed by atoms with E-state index in [0.717, 1.165) is 5.56 Å². The number of benzene rings is 2. The summed E-state index contributed by atoms with van der Waals surface area (Å²) < 4.78 is 48.9. The number of pyridine rings is 1. The number of ether oxygens (including phenoxy) is 1. The maximum atomic E-state index is 14.1. The highest BCUT2D eigenvalue weighted by atomic mass is 19.1. The molecule has 1 unspecified atom stereocenters. The maximum absolute atomic E-state index is 14.1. The van der Waals surface area contributed by atoms with Crippen molar-refractivity contribution in [1.82, 2.24) is 9.88 Å². The van der Waals surface area contributed by atoms with Crippen LogP contribution in [0.2, 0.25) is 0 Å². The summed E-state index contributed by atoms with van der Waals surface area (Å²) in [6.07, 6.45) is 4.55. The van der Waals surface area contributed by atoms with Crippen LogP contribution in [0, 0.1) is 29.3 Å². The molecule has 0 saturated heterocycles. The number of Topliss-reactive ketones (excluding diaryl/α,β-unsaturated/α-hetero) is 1. The van der Waals surface area contributed by atoms with Gasteiger partial charge in [-0.05, 0) is 17.4 Å². The minimum Gasteiger partial charge on any atom is -0.483 e.